The number of piperazine rings is 1. The van der Waals surface area contributed by atoms with Crippen molar-refractivity contribution in [1.82, 2.24) is 15.0 Å². The fourth-order valence-corrected chi connectivity index (χ4v) is 1.56. The van der Waals surface area contributed by atoms with Crippen molar-refractivity contribution in [3.05, 3.63) is 11.6 Å². The molecule has 0 saturated carbocycles. The van der Waals surface area contributed by atoms with Gasteiger partial charge in [-0.3, -0.25) is 5.41 Å². The summed E-state index contributed by atoms with van der Waals surface area (Å²) >= 11 is 0. The molecule has 0 aliphatic carbocycles. The third-order valence-electron chi connectivity index (χ3n) is 2.38. The zero-order valence-corrected chi connectivity index (χ0v) is 8.27. The summed E-state index contributed by atoms with van der Waals surface area (Å²) in [5.74, 6) is 0.584. The van der Waals surface area contributed by atoms with Gasteiger partial charge >= 0.3 is 0 Å². The molecule has 0 bridgehead atoms. The van der Waals surface area contributed by atoms with Crippen molar-refractivity contribution in [3.8, 4) is 0 Å². The lowest BCUT2D eigenvalue weighted by Gasteiger charge is -2.28. The Kier molecular flexibility index (Phi) is 2.46. The zero-order chi connectivity index (χ0) is 10.8. The third-order valence-corrected chi connectivity index (χ3v) is 2.38. The van der Waals surface area contributed by atoms with E-state index in [9.17, 15) is 5.21 Å². The predicted molar refractivity (Wildman–Crippen MR) is 54.8 cm³/mol. The van der Waals surface area contributed by atoms with E-state index in [1.54, 1.807) is 0 Å². The highest BCUT2D eigenvalue weighted by Crippen LogP contribution is 2.09. The van der Waals surface area contributed by atoms with Crippen LogP contribution in [0.1, 0.15) is 0 Å². The molecule has 5 N–H and O–H groups in total. The highest BCUT2D eigenvalue weighted by atomic mass is 16.5. The maximum absolute atomic E-state index is 9.24. The molecule has 1 fully saturated rings. The Bertz CT molecular complexity index is 408. The van der Waals surface area contributed by atoms with Crippen molar-refractivity contribution in [2.45, 2.75) is 0 Å². The number of nitrogens with two attached hydrogens (primary N) is 1. The van der Waals surface area contributed by atoms with Crippen LogP contribution in [0.5, 0.6) is 0 Å². The van der Waals surface area contributed by atoms with Crippen LogP contribution >= 0.6 is 0 Å². The van der Waals surface area contributed by atoms with Crippen LogP contribution in [0.4, 0.5) is 11.8 Å². The molecule has 2 rings (SSSR count). The summed E-state index contributed by atoms with van der Waals surface area (Å²) in [4.78, 5) is 6.06. The van der Waals surface area contributed by atoms with Crippen molar-refractivity contribution in [3.63, 3.8) is 0 Å². The molecule has 1 aliphatic rings. The Hall–Kier alpha value is -1.76. The van der Waals surface area contributed by atoms with Gasteiger partial charge in [0, 0.05) is 32.2 Å². The molecule has 7 heteroatoms. The minimum Gasteiger partial charge on any atom is -0.423 e. The smallest absolute Gasteiger partial charge is 0.238 e. The highest BCUT2D eigenvalue weighted by Gasteiger charge is 2.13. The van der Waals surface area contributed by atoms with Crippen LogP contribution in [0.25, 0.3) is 0 Å². The maximum Gasteiger partial charge on any atom is 0.238 e. The third kappa shape index (κ3) is 1.86. The first-order valence-corrected chi connectivity index (χ1v) is 4.77. The lowest BCUT2D eigenvalue weighted by atomic mass is 10.3. The first-order valence-electron chi connectivity index (χ1n) is 4.77. The van der Waals surface area contributed by atoms with Crippen molar-refractivity contribution in [2.75, 3.05) is 36.8 Å². The van der Waals surface area contributed by atoms with Crippen LogP contribution in [0, 0.1) is 5.41 Å². The Morgan fingerprint density at radius 1 is 1.47 bits per heavy atom. The summed E-state index contributed by atoms with van der Waals surface area (Å²) in [7, 11) is 0. The molecule has 0 spiro atoms. The van der Waals surface area contributed by atoms with Gasteiger partial charge in [-0.2, -0.15) is 4.98 Å². The van der Waals surface area contributed by atoms with E-state index in [4.69, 9.17) is 11.1 Å². The molecule has 0 aromatic carbocycles. The van der Waals surface area contributed by atoms with Crippen molar-refractivity contribution >= 4 is 11.8 Å². The topological polar surface area (TPSA) is 103 Å². The van der Waals surface area contributed by atoms with E-state index in [0.29, 0.717) is 10.5 Å². The minimum atomic E-state index is -0.0592. The second-order valence-electron chi connectivity index (χ2n) is 3.41. The van der Waals surface area contributed by atoms with Gasteiger partial charge in [-0.1, -0.05) is 0 Å². The number of nitrogens with zero attached hydrogens (tertiary/aromatic N) is 3. The number of nitrogen functional groups attached to an aromatic ring is 1. The first-order chi connectivity index (χ1) is 7.18. The van der Waals surface area contributed by atoms with E-state index >= 15 is 0 Å². The van der Waals surface area contributed by atoms with Gasteiger partial charge in [-0.15, -0.1) is 4.73 Å². The molecular weight excluding hydrogens is 196 g/mol. The maximum atomic E-state index is 9.24. The highest BCUT2D eigenvalue weighted by molar-refractivity contribution is 5.41. The van der Waals surface area contributed by atoms with Crippen LogP contribution in [0.15, 0.2) is 6.07 Å². The van der Waals surface area contributed by atoms with Crippen molar-refractivity contribution in [2.24, 2.45) is 0 Å². The number of aromatic nitrogens is 2. The van der Waals surface area contributed by atoms with E-state index in [2.05, 4.69) is 10.3 Å². The molecule has 1 aliphatic heterocycles. The van der Waals surface area contributed by atoms with Gasteiger partial charge < -0.3 is 21.2 Å². The zero-order valence-electron chi connectivity index (χ0n) is 8.27. The molecule has 1 aromatic heterocycles. The second kappa shape index (κ2) is 3.77. The molecule has 7 nitrogen and oxygen atoms in total. The normalized spacial score (nSPS) is 16.7. The van der Waals surface area contributed by atoms with Gasteiger partial charge in [0.05, 0.1) is 0 Å². The van der Waals surface area contributed by atoms with Crippen LogP contribution in [-0.4, -0.2) is 41.1 Å². The number of nitrogens with one attached hydrogen (secondary N) is 2. The average Bonchev–Trinajstić information content (AvgIpc) is 2.26. The Balaban J connectivity index is 2.32. The van der Waals surface area contributed by atoms with Crippen LogP contribution < -0.4 is 21.4 Å². The molecule has 82 valence electrons. The fraction of sp³-hybridized carbons (Fsp3) is 0.500. The Morgan fingerprint density at radius 3 is 2.73 bits per heavy atom. The van der Waals surface area contributed by atoms with Gasteiger partial charge in [-0.05, 0) is 0 Å². The average molecular weight is 210 g/mol. The molecule has 1 saturated heterocycles. The van der Waals surface area contributed by atoms with E-state index in [1.165, 1.54) is 6.07 Å². The molecule has 0 radical (unpaired) electrons. The standard InChI is InChI=1S/C8H14N6O/c9-6-5-7(12-8(10)14(6)15)13-3-1-11-2-4-13/h5,9,11,15H,1-4H2,(H2,10,12). The van der Waals surface area contributed by atoms with E-state index in [1.807, 2.05) is 4.90 Å². The molecule has 2 heterocycles. The van der Waals surface area contributed by atoms with Crippen LogP contribution in [0.3, 0.4) is 0 Å². The van der Waals surface area contributed by atoms with Gasteiger partial charge in [-0.25, -0.2) is 0 Å². The Morgan fingerprint density at radius 2 is 2.13 bits per heavy atom. The van der Waals surface area contributed by atoms with Crippen LogP contribution in [-0.2, 0) is 0 Å². The van der Waals surface area contributed by atoms with E-state index in [0.717, 1.165) is 26.2 Å². The van der Waals surface area contributed by atoms with Gasteiger partial charge in [0.2, 0.25) is 5.95 Å². The quantitative estimate of drug-likeness (QED) is 0.426. The molecular formula is C8H14N6O. The van der Waals surface area contributed by atoms with E-state index < -0.39 is 0 Å². The number of hydrogen-bond donors (Lipinski definition) is 4. The SMILES string of the molecule is N=c1cc(N2CCNCC2)nc(N)n1O. The molecule has 15 heavy (non-hydrogen) atoms. The van der Waals surface area contributed by atoms with Gasteiger partial charge in [0.15, 0.2) is 5.49 Å². The largest absolute Gasteiger partial charge is 0.423 e. The lowest BCUT2D eigenvalue weighted by Crippen LogP contribution is -2.44. The minimum absolute atomic E-state index is 0.0592. The summed E-state index contributed by atoms with van der Waals surface area (Å²) < 4.78 is 0.561. The van der Waals surface area contributed by atoms with Gasteiger partial charge in [0.1, 0.15) is 5.82 Å². The summed E-state index contributed by atoms with van der Waals surface area (Å²) in [6, 6.07) is 1.50. The summed E-state index contributed by atoms with van der Waals surface area (Å²) in [5, 5.41) is 19.9. The predicted octanol–water partition coefficient (Wildman–Crippen LogP) is -1.41. The summed E-state index contributed by atoms with van der Waals surface area (Å²) in [6.45, 7) is 3.45. The lowest BCUT2D eigenvalue weighted by molar-refractivity contribution is 0.174. The van der Waals surface area contributed by atoms with Crippen molar-refractivity contribution < 1.29 is 5.21 Å². The fourth-order valence-electron chi connectivity index (χ4n) is 1.56. The summed E-state index contributed by atoms with van der Waals surface area (Å²) in [6.07, 6.45) is 0. The number of hydrogen-bond acceptors (Lipinski definition) is 6. The monoisotopic (exact) mass is 210 g/mol. The van der Waals surface area contributed by atoms with E-state index in [-0.39, 0.29) is 11.4 Å². The molecule has 0 unspecified atom stereocenters. The molecule has 0 atom stereocenters. The molecule has 0 amide bonds. The van der Waals surface area contributed by atoms with Crippen molar-refractivity contribution in [1.29, 1.82) is 5.41 Å². The number of anilines is 2. The van der Waals surface area contributed by atoms with Gasteiger partial charge in [0.25, 0.3) is 0 Å². The number of rotatable bonds is 1. The Labute approximate surface area is 86.6 Å². The molecule has 1 aromatic rings. The summed E-state index contributed by atoms with van der Waals surface area (Å²) in [5.41, 5.74) is 5.41. The van der Waals surface area contributed by atoms with Crippen LogP contribution in [0.2, 0.25) is 0 Å². The second-order valence-corrected chi connectivity index (χ2v) is 3.41. The first kappa shape index (κ1) is 9.78.